The van der Waals surface area contributed by atoms with E-state index in [4.69, 9.17) is 0 Å². The molecule has 3 fully saturated rings. The van der Waals surface area contributed by atoms with Gasteiger partial charge in [0.15, 0.2) is 11.6 Å². The first-order valence-corrected chi connectivity index (χ1v) is 17.6. The highest BCUT2D eigenvalue weighted by atomic mass is 28.3. The first-order chi connectivity index (χ1) is 17.5. The van der Waals surface area contributed by atoms with Crippen LogP contribution in [0.5, 0.6) is 0 Å². The third-order valence-electron chi connectivity index (χ3n) is 9.82. The lowest BCUT2D eigenvalue weighted by Gasteiger charge is -2.37. The maximum Gasteiger partial charge on any atom is 0.159 e. The summed E-state index contributed by atoms with van der Waals surface area (Å²) in [6, 6.07) is 9.11. The van der Waals surface area contributed by atoms with Crippen LogP contribution < -0.4 is 0 Å². The summed E-state index contributed by atoms with van der Waals surface area (Å²) in [5.74, 6) is 8.18. The molecule has 4 rings (SSSR count). The van der Waals surface area contributed by atoms with Crippen LogP contribution in [0.15, 0.2) is 18.2 Å². The molecule has 1 nitrogen and oxygen atoms in total. The maximum absolute atomic E-state index is 13.6. The first-order valence-electron chi connectivity index (χ1n) is 15.2. The zero-order valence-electron chi connectivity index (χ0n) is 22.5. The molecule has 1 aromatic carbocycles. The van der Waals surface area contributed by atoms with Gasteiger partial charge in [-0.1, -0.05) is 87.9 Å². The van der Waals surface area contributed by atoms with Crippen LogP contribution in [0.4, 0.5) is 8.78 Å². The van der Waals surface area contributed by atoms with Crippen molar-refractivity contribution < 1.29 is 13.9 Å². The van der Waals surface area contributed by atoms with Crippen LogP contribution >= 0.6 is 0 Å². The minimum Gasteiger partial charge on any atom is -0.380 e. The summed E-state index contributed by atoms with van der Waals surface area (Å²) in [5.41, 5.74) is 0.901. The zero-order valence-corrected chi connectivity index (χ0v) is 23.7. The molecule has 1 N–H and O–H groups in total. The quantitative estimate of drug-likeness (QED) is 0.209. The molecule has 3 aliphatic rings. The second kappa shape index (κ2) is 14.1. The SMILES string of the molecule is CCCCC[Si@H]1CC[C@H]([C@H]2CC[C@H](CC(O)C#CC3CCC(c4ccc(F)c(F)c4)CC3)CC2)CC1. The number of aliphatic hydroxyl groups is 1. The van der Waals surface area contributed by atoms with E-state index in [2.05, 4.69) is 18.8 Å². The molecule has 0 aromatic heterocycles. The van der Waals surface area contributed by atoms with Gasteiger partial charge in [0.2, 0.25) is 0 Å². The van der Waals surface area contributed by atoms with Crippen LogP contribution in [0, 0.1) is 47.1 Å². The lowest BCUT2D eigenvalue weighted by molar-refractivity contribution is 0.142. The number of rotatable bonds is 8. The average Bonchev–Trinajstić information content (AvgIpc) is 2.90. The highest BCUT2D eigenvalue weighted by molar-refractivity contribution is 6.58. The molecule has 2 saturated carbocycles. The van der Waals surface area contributed by atoms with E-state index in [-0.39, 0.29) is 5.92 Å². The van der Waals surface area contributed by atoms with Crippen molar-refractivity contribution in [3.8, 4) is 11.8 Å². The first kappa shape index (κ1) is 27.8. The van der Waals surface area contributed by atoms with Gasteiger partial charge in [0.05, 0.1) is 0 Å². The predicted molar refractivity (Wildman–Crippen MR) is 149 cm³/mol. The predicted octanol–water partition coefficient (Wildman–Crippen LogP) is 8.63. The summed E-state index contributed by atoms with van der Waals surface area (Å²) in [4.78, 5) is 0. The third kappa shape index (κ3) is 8.16. The second-order valence-corrected chi connectivity index (χ2v) is 15.8. The Morgan fingerprint density at radius 1 is 0.889 bits per heavy atom. The van der Waals surface area contributed by atoms with Crippen molar-refractivity contribution in [2.45, 2.75) is 127 Å². The lowest BCUT2D eigenvalue weighted by Crippen LogP contribution is -2.29. The van der Waals surface area contributed by atoms with E-state index in [1.54, 1.807) is 24.2 Å². The van der Waals surface area contributed by atoms with Crippen molar-refractivity contribution in [1.29, 1.82) is 0 Å². The Morgan fingerprint density at radius 2 is 1.58 bits per heavy atom. The van der Waals surface area contributed by atoms with Crippen LogP contribution in [0.2, 0.25) is 18.1 Å². The van der Waals surface area contributed by atoms with Gasteiger partial charge < -0.3 is 5.11 Å². The Morgan fingerprint density at radius 3 is 2.25 bits per heavy atom. The van der Waals surface area contributed by atoms with Crippen molar-refractivity contribution >= 4 is 8.80 Å². The molecule has 2 aliphatic carbocycles. The zero-order chi connectivity index (χ0) is 25.3. The van der Waals surface area contributed by atoms with Crippen molar-refractivity contribution in [1.82, 2.24) is 0 Å². The summed E-state index contributed by atoms with van der Waals surface area (Å²) in [6.45, 7) is 2.31. The Hall–Kier alpha value is -1.18. The van der Waals surface area contributed by atoms with Gasteiger partial charge in [-0.15, -0.1) is 0 Å². The minimum absolute atomic E-state index is 0.289. The molecule has 1 aromatic rings. The van der Waals surface area contributed by atoms with Gasteiger partial charge >= 0.3 is 0 Å². The molecule has 0 bridgehead atoms. The minimum atomic E-state index is -0.775. The van der Waals surface area contributed by atoms with E-state index < -0.39 is 26.5 Å². The van der Waals surface area contributed by atoms with Crippen molar-refractivity contribution in [3.63, 3.8) is 0 Å². The smallest absolute Gasteiger partial charge is 0.159 e. The third-order valence-corrected chi connectivity index (χ3v) is 13.3. The Labute approximate surface area is 220 Å². The van der Waals surface area contributed by atoms with Crippen molar-refractivity contribution in [2.75, 3.05) is 0 Å². The second-order valence-electron chi connectivity index (χ2n) is 12.3. The Balaban J connectivity index is 1.12. The summed E-state index contributed by atoms with van der Waals surface area (Å²) >= 11 is 0. The van der Waals surface area contributed by atoms with Gasteiger partial charge in [-0.05, 0) is 86.3 Å². The van der Waals surface area contributed by atoms with E-state index in [0.29, 0.717) is 11.8 Å². The highest BCUT2D eigenvalue weighted by Gasteiger charge is 2.31. The average molecular weight is 515 g/mol. The number of aliphatic hydroxyl groups excluding tert-OH is 1. The van der Waals surface area contributed by atoms with Gasteiger partial charge in [-0.3, -0.25) is 0 Å². The molecule has 36 heavy (non-hydrogen) atoms. The molecular formula is C32H48F2OSi. The van der Waals surface area contributed by atoms with E-state index in [1.165, 1.54) is 69.9 Å². The van der Waals surface area contributed by atoms with Crippen LogP contribution in [-0.2, 0) is 0 Å². The summed E-state index contributed by atoms with van der Waals surface area (Å²) in [7, 11) is -0.404. The van der Waals surface area contributed by atoms with Crippen molar-refractivity contribution in [3.05, 3.63) is 35.4 Å². The maximum atomic E-state index is 13.6. The van der Waals surface area contributed by atoms with Crippen molar-refractivity contribution in [2.24, 2.45) is 23.7 Å². The van der Waals surface area contributed by atoms with Gasteiger partial charge in [0.1, 0.15) is 6.10 Å². The Bertz CT molecular complexity index is 853. The summed E-state index contributed by atoms with van der Waals surface area (Å²) < 4.78 is 26.8. The number of hydrogen-bond acceptors (Lipinski definition) is 1. The van der Waals surface area contributed by atoms with E-state index in [9.17, 15) is 13.9 Å². The van der Waals surface area contributed by atoms with Gasteiger partial charge in [-0.2, -0.15) is 0 Å². The molecule has 0 radical (unpaired) electrons. The standard InChI is InChI=1S/C32H48F2OSi/c1-2-3-4-19-36-20-17-28(18-21-36)26-12-7-25(8-13-26)22-30(35)15-9-24-5-10-27(11-6-24)29-14-16-31(33)32(34)23-29/h14,16,23-28,30,35-36H,2-8,10-13,17-22H2,1H3/t24?,25-,26-,27?,28-,30?,36-. The number of halogens is 2. The highest BCUT2D eigenvalue weighted by Crippen LogP contribution is 2.42. The van der Waals surface area contributed by atoms with Crippen LogP contribution in [0.3, 0.4) is 0 Å². The molecule has 1 atom stereocenters. The Kier molecular flexibility index (Phi) is 10.9. The van der Waals surface area contributed by atoms with E-state index in [0.717, 1.165) is 49.5 Å². The largest absolute Gasteiger partial charge is 0.380 e. The van der Waals surface area contributed by atoms with Gasteiger partial charge in [0, 0.05) is 14.7 Å². The van der Waals surface area contributed by atoms with Gasteiger partial charge in [-0.25, -0.2) is 8.78 Å². The van der Waals surface area contributed by atoms with E-state index >= 15 is 0 Å². The summed E-state index contributed by atoms with van der Waals surface area (Å²) in [5, 5.41) is 10.6. The molecule has 1 saturated heterocycles. The van der Waals surface area contributed by atoms with Crippen LogP contribution in [0.25, 0.3) is 0 Å². The molecule has 0 spiro atoms. The van der Waals surface area contributed by atoms with Gasteiger partial charge in [0.25, 0.3) is 0 Å². The summed E-state index contributed by atoms with van der Waals surface area (Å²) in [6.07, 6.45) is 16.8. The normalized spacial score (nSPS) is 31.9. The number of hydrogen-bond donors (Lipinski definition) is 1. The van der Waals surface area contributed by atoms with E-state index in [1.807, 2.05) is 0 Å². The molecular weight excluding hydrogens is 466 g/mol. The monoisotopic (exact) mass is 514 g/mol. The molecule has 200 valence electrons. The molecule has 1 heterocycles. The fourth-order valence-corrected chi connectivity index (χ4v) is 11.0. The fourth-order valence-electron chi connectivity index (χ4n) is 7.45. The number of benzene rings is 1. The molecule has 1 aliphatic heterocycles. The fraction of sp³-hybridized carbons (Fsp3) is 0.750. The van der Waals surface area contributed by atoms with Crippen LogP contribution in [-0.4, -0.2) is 20.0 Å². The lowest BCUT2D eigenvalue weighted by atomic mass is 9.73. The molecule has 0 amide bonds. The topological polar surface area (TPSA) is 20.2 Å². The van der Waals surface area contributed by atoms with Crippen LogP contribution in [0.1, 0.15) is 108 Å². The number of unbranched alkanes of at least 4 members (excludes halogenated alkanes) is 2. The molecule has 1 unspecified atom stereocenters. The molecule has 4 heteroatoms.